The van der Waals surface area contributed by atoms with Gasteiger partial charge in [0.25, 0.3) is 5.91 Å². The molecular weight excluding hydrogens is 272 g/mol. The van der Waals surface area contributed by atoms with E-state index in [0.717, 1.165) is 18.2 Å². The first kappa shape index (κ1) is 14.4. The van der Waals surface area contributed by atoms with Crippen LogP contribution in [0.25, 0.3) is 0 Å². The Kier molecular flexibility index (Phi) is 4.29. The Balaban J connectivity index is 2.12. The maximum Gasteiger partial charge on any atom is 0.306 e. The number of morpholine rings is 1. The van der Waals surface area contributed by atoms with Crippen LogP contribution in [0.3, 0.4) is 0 Å². The van der Waals surface area contributed by atoms with E-state index in [2.05, 4.69) is 0 Å². The summed E-state index contributed by atoms with van der Waals surface area (Å²) in [4.78, 5) is 24.0. The second kappa shape index (κ2) is 5.96. The van der Waals surface area contributed by atoms with Gasteiger partial charge >= 0.3 is 5.97 Å². The highest BCUT2D eigenvalue weighted by molar-refractivity contribution is 5.94. The fourth-order valence-corrected chi connectivity index (χ4v) is 2.05. The van der Waals surface area contributed by atoms with Crippen molar-refractivity contribution in [1.82, 2.24) is 4.90 Å². The lowest BCUT2D eigenvalue weighted by atomic mass is 10.1. The summed E-state index contributed by atoms with van der Waals surface area (Å²) in [7, 11) is 0. The van der Waals surface area contributed by atoms with E-state index in [-0.39, 0.29) is 31.7 Å². The van der Waals surface area contributed by atoms with E-state index in [0.29, 0.717) is 0 Å². The van der Waals surface area contributed by atoms with E-state index >= 15 is 0 Å². The lowest BCUT2D eigenvalue weighted by molar-refractivity contribution is -0.141. The van der Waals surface area contributed by atoms with Crippen molar-refractivity contribution in [2.24, 2.45) is 0 Å². The van der Waals surface area contributed by atoms with Crippen LogP contribution in [0.2, 0.25) is 0 Å². The van der Waals surface area contributed by atoms with E-state index in [1.165, 1.54) is 4.90 Å². The molecule has 1 unspecified atom stereocenters. The molecule has 5 nitrogen and oxygen atoms in total. The molecule has 1 heterocycles. The number of halogens is 2. The van der Waals surface area contributed by atoms with E-state index in [9.17, 15) is 18.4 Å². The van der Waals surface area contributed by atoms with Crippen molar-refractivity contribution in [1.29, 1.82) is 0 Å². The van der Waals surface area contributed by atoms with Crippen LogP contribution in [0.15, 0.2) is 18.2 Å². The molecule has 1 fully saturated rings. The van der Waals surface area contributed by atoms with E-state index in [1.54, 1.807) is 0 Å². The predicted octanol–water partition coefficient (Wildman–Crippen LogP) is 1.28. The summed E-state index contributed by atoms with van der Waals surface area (Å²) in [5.41, 5.74) is -0.360. The van der Waals surface area contributed by atoms with Gasteiger partial charge in [0.15, 0.2) is 0 Å². The van der Waals surface area contributed by atoms with Gasteiger partial charge < -0.3 is 14.7 Å². The molecule has 0 spiro atoms. The largest absolute Gasteiger partial charge is 0.481 e. The molecule has 1 amide bonds. The van der Waals surface area contributed by atoms with Crippen molar-refractivity contribution in [3.05, 3.63) is 35.4 Å². The second-order valence-corrected chi connectivity index (χ2v) is 4.47. The summed E-state index contributed by atoms with van der Waals surface area (Å²) in [6, 6.07) is 2.65. The van der Waals surface area contributed by atoms with Gasteiger partial charge in [-0.1, -0.05) is 0 Å². The first-order valence-electron chi connectivity index (χ1n) is 6.05. The number of ether oxygens (including phenoxy) is 1. The third-order valence-corrected chi connectivity index (χ3v) is 2.99. The summed E-state index contributed by atoms with van der Waals surface area (Å²) >= 11 is 0. The summed E-state index contributed by atoms with van der Waals surface area (Å²) in [6.45, 7) is 0.423. The van der Waals surface area contributed by atoms with Crippen LogP contribution in [0.4, 0.5) is 8.78 Å². The lowest BCUT2D eigenvalue weighted by Gasteiger charge is -2.32. The van der Waals surface area contributed by atoms with Crippen molar-refractivity contribution in [3.8, 4) is 0 Å². The van der Waals surface area contributed by atoms with Gasteiger partial charge in [0, 0.05) is 13.1 Å². The Hall–Kier alpha value is -2.02. The number of carbonyl (C=O) groups excluding carboxylic acids is 1. The summed E-state index contributed by atoms with van der Waals surface area (Å²) in [5, 5.41) is 8.70. The third-order valence-electron chi connectivity index (χ3n) is 2.99. The van der Waals surface area contributed by atoms with Crippen LogP contribution >= 0.6 is 0 Å². The molecule has 0 aliphatic carbocycles. The van der Waals surface area contributed by atoms with Crippen molar-refractivity contribution in [2.45, 2.75) is 12.5 Å². The van der Waals surface area contributed by atoms with Crippen LogP contribution < -0.4 is 0 Å². The van der Waals surface area contributed by atoms with Crippen molar-refractivity contribution in [2.75, 3.05) is 19.7 Å². The van der Waals surface area contributed by atoms with Gasteiger partial charge in [0.05, 0.1) is 24.7 Å². The normalized spacial score (nSPS) is 18.9. The van der Waals surface area contributed by atoms with Crippen molar-refractivity contribution < 1.29 is 28.2 Å². The van der Waals surface area contributed by atoms with E-state index in [1.807, 2.05) is 0 Å². The highest BCUT2D eigenvalue weighted by Gasteiger charge is 2.28. The monoisotopic (exact) mass is 285 g/mol. The van der Waals surface area contributed by atoms with Gasteiger partial charge in [0.2, 0.25) is 0 Å². The lowest BCUT2D eigenvalue weighted by Crippen LogP contribution is -2.46. The minimum absolute atomic E-state index is 0.0427. The number of aliphatic carboxylic acids is 1. The van der Waals surface area contributed by atoms with Crippen LogP contribution in [-0.2, 0) is 9.53 Å². The average Bonchev–Trinajstić information content (AvgIpc) is 2.40. The SMILES string of the molecule is O=C(O)CC1CN(C(=O)c2cc(F)ccc2F)CCO1. The fourth-order valence-electron chi connectivity index (χ4n) is 2.05. The highest BCUT2D eigenvalue weighted by atomic mass is 19.1. The number of hydrogen-bond donors (Lipinski definition) is 1. The van der Waals surface area contributed by atoms with Crippen LogP contribution in [0.5, 0.6) is 0 Å². The number of carbonyl (C=O) groups is 2. The molecule has 7 heteroatoms. The summed E-state index contributed by atoms with van der Waals surface area (Å²) in [6.07, 6.45) is -0.878. The number of amides is 1. The molecule has 0 radical (unpaired) electrons. The Bertz CT molecular complexity index is 535. The molecule has 0 bridgehead atoms. The third kappa shape index (κ3) is 3.30. The Labute approximate surface area is 113 Å². The van der Waals surface area contributed by atoms with Crippen LogP contribution in [0.1, 0.15) is 16.8 Å². The first-order valence-corrected chi connectivity index (χ1v) is 6.05. The Morgan fingerprint density at radius 1 is 1.40 bits per heavy atom. The minimum Gasteiger partial charge on any atom is -0.481 e. The van der Waals surface area contributed by atoms with Gasteiger partial charge in [-0.05, 0) is 18.2 Å². The molecule has 0 saturated carbocycles. The smallest absolute Gasteiger partial charge is 0.306 e. The molecule has 108 valence electrons. The summed E-state index contributed by atoms with van der Waals surface area (Å²) < 4.78 is 31.8. The fraction of sp³-hybridized carbons (Fsp3) is 0.385. The highest BCUT2D eigenvalue weighted by Crippen LogP contribution is 2.16. The number of hydrogen-bond acceptors (Lipinski definition) is 3. The molecule has 2 rings (SSSR count). The van der Waals surface area contributed by atoms with Crippen molar-refractivity contribution in [3.63, 3.8) is 0 Å². The maximum absolute atomic E-state index is 13.5. The first-order chi connectivity index (χ1) is 9.47. The van der Waals surface area contributed by atoms with Gasteiger partial charge in [-0.2, -0.15) is 0 Å². The van der Waals surface area contributed by atoms with Gasteiger partial charge in [0.1, 0.15) is 11.6 Å². The molecule has 1 aliphatic heterocycles. The number of nitrogens with zero attached hydrogens (tertiary/aromatic N) is 1. The van der Waals surface area contributed by atoms with E-state index in [4.69, 9.17) is 9.84 Å². The molecule has 1 aromatic carbocycles. The molecular formula is C13H13F2NO4. The molecule has 1 N–H and O–H groups in total. The Morgan fingerprint density at radius 2 is 2.15 bits per heavy atom. The summed E-state index contributed by atoms with van der Waals surface area (Å²) in [5.74, 6) is -3.22. The number of benzene rings is 1. The zero-order valence-electron chi connectivity index (χ0n) is 10.5. The van der Waals surface area contributed by atoms with Gasteiger partial charge in [-0.15, -0.1) is 0 Å². The number of carboxylic acid groups (broad SMARTS) is 1. The predicted molar refractivity (Wildman–Crippen MR) is 64.3 cm³/mol. The number of carboxylic acids is 1. The standard InChI is InChI=1S/C13H13F2NO4/c14-8-1-2-11(15)10(5-8)13(19)16-3-4-20-9(7-16)6-12(17)18/h1-2,5,9H,3-4,6-7H2,(H,17,18). The average molecular weight is 285 g/mol. The molecule has 1 atom stereocenters. The topological polar surface area (TPSA) is 66.8 Å². The van der Waals surface area contributed by atoms with E-state index < -0.39 is 29.6 Å². The van der Waals surface area contributed by atoms with Crippen LogP contribution in [-0.4, -0.2) is 47.7 Å². The quantitative estimate of drug-likeness (QED) is 0.908. The zero-order valence-corrected chi connectivity index (χ0v) is 10.5. The maximum atomic E-state index is 13.5. The molecule has 1 aliphatic rings. The van der Waals surface area contributed by atoms with Gasteiger partial charge in [-0.3, -0.25) is 9.59 Å². The molecule has 20 heavy (non-hydrogen) atoms. The minimum atomic E-state index is -1.04. The molecule has 0 aromatic heterocycles. The van der Waals surface area contributed by atoms with Gasteiger partial charge in [-0.25, -0.2) is 8.78 Å². The molecule has 1 aromatic rings. The van der Waals surface area contributed by atoms with Crippen molar-refractivity contribution >= 4 is 11.9 Å². The number of rotatable bonds is 3. The zero-order chi connectivity index (χ0) is 14.7. The van der Waals surface area contributed by atoms with Crippen LogP contribution in [0, 0.1) is 11.6 Å². The Morgan fingerprint density at radius 3 is 2.85 bits per heavy atom. The second-order valence-electron chi connectivity index (χ2n) is 4.47. The molecule has 1 saturated heterocycles.